The van der Waals surface area contributed by atoms with Gasteiger partial charge in [-0.1, -0.05) is 68.8 Å². The number of nitrogens with two attached hydrogens (primary N) is 1. The number of benzene rings is 3. The molecule has 0 unspecified atom stereocenters. The molecule has 2 N–H and O–H groups in total. The quantitative estimate of drug-likeness (QED) is 0.246. The zero-order valence-corrected chi connectivity index (χ0v) is 23.1. The third-order valence-corrected chi connectivity index (χ3v) is 6.94. The van der Waals surface area contributed by atoms with Gasteiger partial charge in [-0.15, -0.1) is 0 Å². The number of halogens is 2. The largest absolute Gasteiger partial charge is 0.344 e. The molecule has 4 rings (SSSR count). The minimum absolute atomic E-state index is 0.0886. The molecule has 0 saturated carbocycles. The first-order valence-electron chi connectivity index (χ1n) is 13.4. The Labute approximate surface area is 230 Å². The molecule has 204 valence electrons. The van der Waals surface area contributed by atoms with Crippen LogP contribution in [0.3, 0.4) is 0 Å². The molecule has 6 heteroatoms. The van der Waals surface area contributed by atoms with Gasteiger partial charge in [-0.25, -0.2) is 8.78 Å². The fourth-order valence-corrected chi connectivity index (χ4v) is 5.08. The third-order valence-electron chi connectivity index (χ3n) is 6.94. The Balaban J connectivity index is 1.89. The molecule has 3 aromatic carbocycles. The fraction of sp³-hybridized carbons (Fsp3) is 0.303. The van der Waals surface area contributed by atoms with Gasteiger partial charge in [-0.3, -0.25) is 4.79 Å². The van der Waals surface area contributed by atoms with Crippen LogP contribution in [0.25, 0.3) is 11.1 Å². The summed E-state index contributed by atoms with van der Waals surface area (Å²) in [6, 6.07) is 22.5. The highest BCUT2D eigenvalue weighted by Crippen LogP contribution is 2.41. The summed E-state index contributed by atoms with van der Waals surface area (Å²) in [5.41, 5.74) is 9.86. The Kier molecular flexibility index (Phi) is 8.66. The summed E-state index contributed by atoms with van der Waals surface area (Å²) in [6.45, 7) is 9.70. The van der Waals surface area contributed by atoms with Gasteiger partial charge in [0, 0.05) is 41.7 Å². The van der Waals surface area contributed by atoms with Crippen LogP contribution in [0.15, 0.2) is 85.1 Å². The number of hydrogen-bond donors (Lipinski definition) is 1. The van der Waals surface area contributed by atoms with Crippen LogP contribution in [0, 0.1) is 24.0 Å². The van der Waals surface area contributed by atoms with Crippen LogP contribution in [-0.2, 0) is 6.54 Å². The lowest BCUT2D eigenvalue weighted by atomic mass is 9.82. The smallest absolute Gasteiger partial charge is 0.254 e. The van der Waals surface area contributed by atoms with E-state index in [2.05, 4.69) is 25.3 Å². The van der Waals surface area contributed by atoms with E-state index >= 15 is 0 Å². The van der Waals surface area contributed by atoms with Gasteiger partial charge in [0.25, 0.3) is 5.91 Å². The average molecular weight is 530 g/mol. The molecule has 0 bridgehead atoms. The van der Waals surface area contributed by atoms with E-state index in [1.54, 1.807) is 0 Å². The fourth-order valence-electron chi connectivity index (χ4n) is 5.08. The molecular weight excluding hydrogens is 492 g/mol. The molecule has 0 aliphatic rings. The molecule has 39 heavy (non-hydrogen) atoms. The first-order valence-corrected chi connectivity index (χ1v) is 13.4. The van der Waals surface area contributed by atoms with Gasteiger partial charge in [0.1, 0.15) is 11.6 Å². The van der Waals surface area contributed by atoms with Crippen molar-refractivity contribution in [3.63, 3.8) is 0 Å². The highest BCUT2D eigenvalue weighted by Gasteiger charge is 2.37. The number of carbonyl (C=O) groups excluding carboxylic acids is 1. The van der Waals surface area contributed by atoms with E-state index in [4.69, 9.17) is 5.73 Å². The van der Waals surface area contributed by atoms with Gasteiger partial charge in [0.15, 0.2) is 0 Å². The monoisotopic (exact) mass is 529 g/mol. The van der Waals surface area contributed by atoms with Crippen molar-refractivity contribution in [2.75, 3.05) is 13.1 Å². The summed E-state index contributed by atoms with van der Waals surface area (Å²) < 4.78 is 31.2. The van der Waals surface area contributed by atoms with Crippen LogP contribution in [0.2, 0.25) is 0 Å². The zero-order valence-electron chi connectivity index (χ0n) is 23.1. The van der Waals surface area contributed by atoms with Crippen LogP contribution in [0.5, 0.6) is 0 Å². The van der Waals surface area contributed by atoms with Crippen molar-refractivity contribution in [1.82, 2.24) is 9.47 Å². The third kappa shape index (κ3) is 6.63. The maximum atomic E-state index is 14.9. The Morgan fingerprint density at radius 3 is 2.31 bits per heavy atom. The van der Waals surface area contributed by atoms with Crippen LogP contribution < -0.4 is 5.73 Å². The van der Waals surface area contributed by atoms with Crippen molar-refractivity contribution in [3.8, 4) is 11.1 Å². The van der Waals surface area contributed by atoms with Gasteiger partial charge in [0.05, 0.1) is 6.04 Å². The van der Waals surface area contributed by atoms with Crippen LogP contribution in [-0.4, -0.2) is 28.5 Å². The molecule has 0 aliphatic carbocycles. The molecule has 4 aromatic rings. The van der Waals surface area contributed by atoms with E-state index in [1.807, 2.05) is 78.7 Å². The Hall–Kier alpha value is -3.77. The number of aromatic nitrogens is 1. The second-order valence-electron chi connectivity index (χ2n) is 11.2. The average Bonchev–Trinajstić information content (AvgIpc) is 3.30. The second-order valence-corrected chi connectivity index (χ2v) is 11.2. The van der Waals surface area contributed by atoms with Crippen molar-refractivity contribution < 1.29 is 13.6 Å². The van der Waals surface area contributed by atoms with E-state index in [1.165, 1.54) is 6.07 Å². The zero-order chi connectivity index (χ0) is 28.2. The van der Waals surface area contributed by atoms with Crippen LogP contribution in [0.1, 0.15) is 60.4 Å². The molecule has 0 spiro atoms. The Morgan fingerprint density at radius 2 is 1.67 bits per heavy atom. The van der Waals surface area contributed by atoms with Crippen molar-refractivity contribution in [1.29, 1.82) is 0 Å². The predicted octanol–water partition coefficient (Wildman–Crippen LogP) is 7.37. The lowest BCUT2D eigenvalue weighted by Gasteiger charge is -2.41. The number of aryl methyl sites for hydroxylation is 1. The van der Waals surface area contributed by atoms with Gasteiger partial charge in [-0.2, -0.15) is 0 Å². The standard InChI is InChI=1S/C33H37F2N3O/c1-23-11-13-25(14-12-23)32(39)38(18-8-17-36)31(33(2,3)4)30-19-26(28-20-27(34)15-16-29(28)35)22-37(30)21-24-9-6-5-7-10-24/h5-7,9-16,19-20,22,31H,8,17-18,21,36H2,1-4H3/t31-/m0/s1. The van der Waals surface area contributed by atoms with Crippen molar-refractivity contribution in [2.24, 2.45) is 11.1 Å². The highest BCUT2D eigenvalue weighted by molar-refractivity contribution is 5.94. The van der Waals surface area contributed by atoms with E-state index < -0.39 is 11.6 Å². The minimum Gasteiger partial charge on any atom is -0.344 e. The highest BCUT2D eigenvalue weighted by atomic mass is 19.1. The van der Waals surface area contributed by atoms with Gasteiger partial charge in [0.2, 0.25) is 0 Å². The lowest BCUT2D eigenvalue weighted by molar-refractivity contribution is 0.0493. The van der Waals surface area contributed by atoms with E-state index in [9.17, 15) is 13.6 Å². The maximum absolute atomic E-state index is 14.9. The summed E-state index contributed by atoms with van der Waals surface area (Å²) in [4.78, 5) is 15.9. The SMILES string of the molecule is Cc1ccc(C(=O)N(CCCN)[C@@H](c2cc(-c3cc(F)ccc3F)cn2Cc2ccccc2)C(C)(C)C)cc1. The summed E-state index contributed by atoms with van der Waals surface area (Å²) in [7, 11) is 0. The minimum atomic E-state index is -0.504. The number of nitrogens with zero attached hydrogens (tertiary/aromatic N) is 2. The van der Waals surface area contributed by atoms with Crippen molar-refractivity contribution in [3.05, 3.63) is 119 Å². The maximum Gasteiger partial charge on any atom is 0.254 e. The molecular formula is C33H37F2N3O. The number of hydrogen-bond acceptors (Lipinski definition) is 2. The van der Waals surface area contributed by atoms with Crippen LogP contribution in [0.4, 0.5) is 8.78 Å². The topological polar surface area (TPSA) is 51.3 Å². The summed E-state index contributed by atoms with van der Waals surface area (Å²) in [5, 5.41) is 0. The molecule has 1 heterocycles. The first-order chi connectivity index (χ1) is 18.6. The molecule has 1 amide bonds. The Morgan fingerprint density at radius 1 is 0.974 bits per heavy atom. The molecule has 0 radical (unpaired) electrons. The lowest BCUT2D eigenvalue weighted by Crippen LogP contribution is -2.43. The summed E-state index contributed by atoms with van der Waals surface area (Å²) in [6.07, 6.45) is 2.49. The number of carbonyl (C=O) groups is 1. The molecule has 0 aliphatic heterocycles. The van der Waals surface area contributed by atoms with E-state index in [-0.39, 0.29) is 22.9 Å². The summed E-state index contributed by atoms with van der Waals surface area (Å²) in [5.74, 6) is -1.09. The second kappa shape index (κ2) is 12.0. The number of amides is 1. The molecule has 1 atom stereocenters. The summed E-state index contributed by atoms with van der Waals surface area (Å²) >= 11 is 0. The normalized spacial score (nSPS) is 12.4. The number of rotatable bonds is 9. The molecule has 0 saturated heterocycles. The predicted molar refractivity (Wildman–Crippen MR) is 153 cm³/mol. The van der Waals surface area contributed by atoms with Gasteiger partial charge >= 0.3 is 0 Å². The molecule has 1 aromatic heterocycles. The van der Waals surface area contributed by atoms with Gasteiger partial charge in [-0.05, 0) is 67.3 Å². The van der Waals surface area contributed by atoms with Crippen LogP contribution >= 0.6 is 0 Å². The van der Waals surface area contributed by atoms with Crippen molar-refractivity contribution in [2.45, 2.75) is 46.7 Å². The van der Waals surface area contributed by atoms with E-state index in [0.717, 1.165) is 29.0 Å². The van der Waals surface area contributed by atoms with Gasteiger partial charge < -0.3 is 15.2 Å². The molecule has 0 fully saturated rings. The first kappa shape index (κ1) is 28.2. The van der Waals surface area contributed by atoms with Crippen molar-refractivity contribution >= 4 is 5.91 Å². The Bertz CT molecular complexity index is 1410. The molecule has 4 nitrogen and oxygen atoms in total. The van der Waals surface area contributed by atoms with E-state index in [0.29, 0.717) is 37.2 Å².